The molecule has 2 N–H and O–H groups in total. The highest BCUT2D eigenvalue weighted by Gasteiger charge is 2.25. The van der Waals surface area contributed by atoms with Crippen molar-refractivity contribution < 1.29 is 29.0 Å². The second-order valence-corrected chi connectivity index (χ2v) is 12.1. The van der Waals surface area contributed by atoms with Crippen molar-refractivity contribution in [2.45, 2.75) is 103 Å². The van der Waals surface area contributed by atoms with Gasteiger partial charge in [0.2, 0.25) is 0 Å². The number of thioether (sulfide) groups is 1. The van der Waals surface area contributed by atoms with Gasteiger partial charge >= 0.3 is 11.9 Å². The fourth-order valence-electron chi connectivity index (χ4n) is 5.48. The van der Waals surface area contributed by atoms with Gasteiger partial charge in [0.1, 0.15) is 5.75 Å². The number of hydrogen-bond donors (Lipinski definition) is 2. The van der Waals surface area contributed by atoms with Crippen molar-refractivity contribution in [2.75, 3.05) is 0 Å². The van der Waals surface area contributed by atoms with E-state index in [0.717, 1.165) is 49.3 Å². The van der Waals surface area contributed by atoms with E-state index < -0.39 is 17.1 Å². The topological polar surface area (TPSA) is 110 Å². The molecule has 9 heteroatoms. The van der Waals surface area contributed by atoms with Gasteiger partial charge < -0.3 is 9.84 Å². The molecule has 4 rings (SSSR count). The van der Waals surface area contributed by atoms with Gasteiger partial charge in [0.25, 0.3) is 11.1 Å². The number of imide groups is 1. The van der Waals surface area contributed by atoms with E-state index in [4.69, 9.17) is 21.4 Å². The molecule has 39 heavy (non-hydrogen) atoms. The third kappa shape index (κ3) is 11.4. The number of esters is 1. The van der Waals surface area contributed by atoms with Gasteiger partial charge in [0, 0.05) is 12.8 Å². The Morgan fingerprint density at radius 3 is 2.08 bits per heavy atom. The van der Waals surface area contributed by atoms with E-state index in [-0.39, 0.29) is 21.6 Å². The number of hydrogen-bond acceptors (Lipinski definition) is 6. The Bertz CT molecular complexity index is 1030. The summed E-state index contributed by atoms with van der Waals surface area (Å²) in [5.41, 5.74) is 0.525. The fourth-order valence-corrected chi connectivity index (χ4v) is 6.37. The summed E-state index contributed by atoms with van der Waals surface area (Å²) in [5, 5.41) is 10.5. The second kappa shape index (κ2) is 16.7. The maximum absolute atomic E-state index is 12.1. The lowest BCUT2D eigenvalue weighted by molar-refractivity contribution is -0.137. The quantitative estimate of drug-likeness (QED) is 0.164. The molecule has 0 aromatic heterocycles. The molecule has 2 saturated carbocycles. The van der Waals surface area contributed by atoms with Crippen molar-refractivity contribution in [1.82, 2.24) is 5.32 Å². The van der Waals surface area contributed by atoms with E-state index in [1.807, 2.05) is 0 Å². The molecule has 1 heterocycles. The predicted molar refractivity (Wildman–Crippen MR) is 155 cm³/mol. The molecule has 3 aliphatic rings. The SMILES string of the molecule is O=C(CCCC1CCCCC1)Oc1cccc(/C=C2\SC(=O)NC2=O)c1Cl.O=C(O)CCCC1CCCCC1. The molecule has 7 nitrogen and oxygen atoms in total. The van der Waals surface area contributed by atoms with Crippen molar-refractivity contribution >= 4 is 52.5 Å². The van der Waals surface area contributed by atoms with Crippen LogP contribution in [0.15, 0.2) is 23.1 Å². The maximum atomic E-state index is 12.1. The van der Waals surface area contributed by atoms with Gasteiger partial charge in [0.15, 0.2) is 0 Å². The summed E-state index contributed by atoms with van der Waals surface area (Å²) in [6.07, 6.45) is 19.4. The molecule has 0 unspecified atom stereocenters. The fraction of sp³-hybridized carbons (Fsp3) is 0.600. The summed E-state index contributed by atoms with van der Waals surface area (Å²) in [6.45, 7) is 0. The number of halogens is 1. The highest BCUT2D eigenvalue weighted by atomic mass is 35.5. The van der Waals surface area contributed by atoms with Crippen LogP contribution in [-0.2, 0) is 14.4 Å². The Balaban J connectivity index is 0.000000293. The number of nitrogens with one attached hydrogen (secondary N) is 1. The molecule has 1 aromatic rings. The third-order valence-electron chi connectivity index (χ3n) is 7.59. The first kappa shape index (κ1) is 31.2. The van der Waals surface area contributed by atoms with E-state index >= 15 is 0 Å². The molecule has 0 bridgehead atoms. The predicted octanol–water partition coefficient (Wildman–Crippen LogP) is 8.14. The van der Waals surface area contributed by atoms with Crippen LogP contribution < -0.4 is 10.1 Å². The average molecular weight is 578 g/mol. The Kier molecular flexibility index (Phi) is 13.4. The van der Waals surface area contributed by atoms with Crippen LogP contribution in [0.2, 0.25) is 5.02 Å². The van der Waals surface area contributed by atoms with Crippen LogP contribution in [0.5, 0.6) is 5.75 Å². The van der Waals surface area contributed by atoms with Crippen LogP contribution in [0.3, 0.4) is 0 Å². The molecule has 0 atom stereocenters. The van der Waals surface area contributed by atoms with Crippen LogP contribution >= 0.6 is 23.4 Å². The van der Waals surface area contributed by atoms with Gasteiger partial charge in [0.05, 0.1) is 9.93 Å². The number of carbonyl (C=O) groups is 4. The Labute approximate surface area is 240 Å². The summed E-state index contributed by atoms with van der Waals surface area (Å²) >= 11 is 7.14. The molecular formula is C30H40ClNO6S. The number of carboxylic acids is 1. The van der Waals surface area contributed by atoms with Gasteiger partial charge in [-0.1, -0.05) is 87.9 Å². The van der Waals surface area contributed by atoms with E-state index in [1.165, 1.54) is 70.3 Å². The lowest BCUT2D eigenvalue weighted by atomic mass is 9.86. The van der Waals surface area contributed by atoms with Gasteiger partial charge in [-0.05, 0) is 67.0 Å². The minimum atomic E-state index is -0.647. The normalized spacial score (nSPS) is 19.4. The molecule has 0 radical (unpaired) electrons. The number of amides is 2. The van der Waals surface area contributed by atoms with Crippen LogP contribution in [0.1, 0.15) is 108 Å². The number of rotatable bonds is 10. The first-order valence-corrected chi connectivity index (χ1v) is 15.5. The summed E-state index contributed by atoms with van der Waals surface area (Å²) in [5.74, 6) is 0.432. The van der Waals surface area contributed by atoms with Crippen LogP contribution in [0.4, 0.5) is 4.79 Å². The molecule has 2 amide bonds. The van der Waals surface area contributed by atoms with Crippen molar-refractivity contribution in [1.29, 1.82) is 0 Å². The lowest BCUT2D eigenvalue weighted by Crippen LogP contribution is -2.17. The zero-order chi connectivity index (χ0) is 28.0. The largest absolute Gasteiger partial charge is 0.481 e. The Morgan fingerprint density at radius 2 is 1.54 bits per heavy atom. The molecule has 3 fully saturated rings. The summed E-state index contributed by atoms with van der Waals surface area (Å²) < 4.78 is 5.41. The van der Waals surface area contributed by atoms with E-state index in [0.29, 0.717) is 18.4 Å². The maximum Gasteiger partial charge on any atom is 0.311 e. The second-order valence-electron chi connectivity index (χ2n) is 10.7. The van der Waals surface area contributed by atoms with E-state index in [1.54, 1.807) is 18.2 Å². The van der Waals surface area contributed by atoms with Gasteiger partial charge in [-0.3, -0.25) is 24.5 Å². The van der Waals surface area contributed by atoms with Gasteiger partial charge in [-0.15, -0.1) is 0 Å². The number of carboxylic acid groups (broad SMARTS) is 1. The molecule has 2 aliphatic carbocycles. The minimum absolute atomic E-state index is 0.248. The number of ether oxygens (including phenoxy) is 1. The molecule has 1 saturated heterocycles. The van der Waals surface area contributed by atoms with Gasteiger partial charge in [-0.2, -0.15) is 0 Å². The molecular weight excluding hydrogens is 538 g/mol. The van der Waals surface area contributed by atoms with Crippen molar-refractivity contribution in [3.8, 4) is 5.75 Å². The minimum Gasteiger partial charge on any atom is -0.481 e. The number of benzene rings is 1. The van der Waals surface area contributed by atoms with Crippen molar-refractivity contribution in [3.05, 3.63) is 33.7 Å². The smallest absolute Gasteiger partial charge is 0.311 e. The average Bonchev–Trinajstić information content (AvgIpc) is 3.24. The van der Waals surface area contributed by atoms with Crippen molar-refractivity contribution in [3.63, 3.8) is 0 Å². The van der Waals surface area contributed by atoms with Crippen LogP contribution in [-0.4, -0.2) is 28.2 Å². The van der Waals surface area contributed by atoms with Crippen LogP contribution in [0.25, 0.3) is 6.08 Å². The number of aliphatic carboxylic acids is 1. The Morgan fingerprint density at radius 1 is 0.949 bits per heavy atom. The van der Waals surface area contributed by atoms with Crippen LogP contribution in [0, 0.1) is 11.8 Å². The molecule has 1 aliphatic heterocycles. The lowest BCUT2D eigenvalue weighted by Gasteiger charge is -2.21. The highest BCUT2D eigenvalue weighted by Crippen LogP contribution is 2.34. The van der Waals surface area contributed by atoms with E-state index in [9.17, 15) is 19.2 Å². The summed E-state index contributed by atoms with van der Waals surface area (Å²) in [7, 11) is 0. The zero-order valence-corrected chi connectivity index (χ0v) is 24.1. The third-order valence-corrected chi connectivity index (χ3v) is 8.81. The Hall–Kier alpha value is -2.32. The first-order valence-electron chi connectivity index (χ1n) is 14.3. The monoisotopic (exact) mass is 577 g/mol. The molecule has 214 valence electrons. The highest BCUT2D eigenvalue weighted by molar-refractivity contribution is 8.18. The van der Waals surface area contributed by atoms with E-state index in [2.05, 4.69) is 5.32 Å². The number of carbonyl (C=O) groups excluding carboxylic acids is 3. The summed E-state index contributed by atoms with van der Waals surface area (Å²) in [4.78, 5) is 45.6. The molecule has 1 aromatic carbocycles. The standard InChI is InChI=1S/C20H22ClNO4S.C10H18O2/c21-18-14(12-16-19(24)22-20(25)27-16)9-5-10-15(18)26-17(23)11-4-8-13-6-2-1-3-7-13;11-10(12)8-4-7-9-5-2-1-3-6-9/h5,9-10,12-13H,1-4,6-8,11H2,(H,22,24,25);9H,1-8H2,(H,11,12)/b16-12-;. The zero-order valence-electron chi connectivity index (χ0n) is 22.6. The first-order chi connectivity index (χ1) is 18.8. The van der Waals surface area contributed by atoms with Gasteiger partial charge in [-0.25, -0.2) is 0 Å². The van der Waals surface area contributed by atoms with Crippen molar-refractivity contribution in [2.24, 2.45) is 11.8 Å². The summed E-state index contributed by atoms with van der Waals surface area (Å²) in [6, 6.07) is 5.02. The molecule has 0 spiro atoms.